The molecular weight excluding hydrogens is 320 g/mol. The van der Waals surface area contributed by atoms with Crippen molar-refractivity contribution in [2.75, 3.05) is 42.9 Å². The van der Waals surface area contributed by atoms with Crippen molar-refractivity contribution in [3.8, 4) is 0 Å². The minimum absolute atomic E-state index is 0.0874. The van der Waals surface area contributed by atoms with Crippen molar-refractivity contribution in [3.63, 3.8) is 0 Å². The first kappa shape index (κ1) is 16.7. The van der Waals surface area contributed by atoms with E-state index in [1.165, 1.54) is 0 Å². The molecule has 1 fully saturated rings. The van der Waals surface area contributed by atoms with Gasteiger partial charge in [0.2, 0.25) is 5.91 Å². The van der Waals surface area contributed by atoms with Crippen molar-refractivity contribution in [2.45, 2.75) is 0 Å². The molecule has 0 spiro atoms. The van der Waals surface area contributed by atoms with Crippen molar-refractivity contribution in [1.29, 1.82) is 0 Å². The van der Waals surface area contributed by atoms with Gasteiger partial charge < -0.3 is 20.4 Å². The molecule has 25 heavy (non-hydrogen) atoms. The maximum Gasteiger partial charge on any atom is 0.317 e. The Morgan fingerprint density at radius 3 is 2.32 bits per heavy atom. The summed E-state index contributed by atoms with van der Waals surface area (Å²) in [4.78, 5) is 36.2. The van der Waals surface area contributed by atoms with E-state index in [-0.39, 0.29) is 18.5 Å². The number of nitrogens with one attached hydrogen (secondary N) is 2. The molecule has 3 rings (SSSR count). The quantitative estimate of drug-likeness (QED) is 0.865. The first-order valence-electron chi connectivity index (χ1n) is 8.12. The summed E-state index contributed by atoms with van der Waals surface area (Å²) in [5.41, 5.74) is 0. The van der Waals surface area contributed by atoms with Gasteiger partial charge in [0.15, 0.2) is 0 Å². The van der Waals surface area contributed by atoms with Crippen molar-refractivity contribution in [1.82, 2.24) is 20.2 Å². The van der Waals surface area contributed by atoms with E-state index in [1.807, 2.05) is 18.2 Å². The Balaban J connectivity index is 1.41. The Hall–Kier alpha value is -3.16. The Kier molecular flexibility index (Phi) is 5.40. The van der Waals surface area contributed by atoms with Crippen LogP contribution in [-0.4, -0.2) is 59.5 Å². The molecule has 1 saturated heterocycles. The Labute approximate surface area is 145 Å². The van der Waals surface area contributed by atoms with Crippen LogP contribution in [0.4, 0.5) is 16.4 Å². The van der Waals surface area contributed by atoms with Gasteiger partial charge in [0.25, 0.3) is 0 Å². The highest BCUT2D eigenvalue weighted by Gasteiger charge is 2.21. The van der Waals surface area contributed by atoms with Gasteiger partial charge in [-0.15, -0.1) is 0 Å². The van der Waals surface area contributed by atoms with Gasteiger partial charge >= 0.3 is 6.03 Å². The van der Waals surface area contributed by atoms with Gasteiger partial charge in [0.05, 0.1) is 6.54 Å². The van der Waals surface area contributed by atoms with Crippen LogP contribution in [0.25, 0.3) is 0 Å². The minimum atomic E-state index is -0.306. The highest BCUT2D eigenvalue weighted by Crippen LogP contribution is 2.12. The maximum atomic E-state index is 12.2. The van der Waals surface area contributed by atoms with E-state index in [4.69, 9.17) is 0 Å². The zero-order valence-corrected chi connectivity index (χ0v) is 13.8. The average molecular weight is 340 g/mol. The summed E-state index contributed by atoms with van der Waals surface area (Å²) in [6.45, 7) is 2.51. The number of aromatic nitrogens is 2. The van der Waals surface area contributed by atoms with Crippen LogP contribution in [0.1, 0.15) is 0 Å². The van der Waals surface area contributed by atoms with E-state index in [1.54, 1.807) is 35.5 Å². The number of carbonyl (C=O) groups excluding carboxylic acids is 2. The Bertz CT molecular complexity index is 702. The first-order valence-corrected chi connectivity index (χ1v) is 8.12. The molecule has 1 aliphatic rings. The van der Waals surface area contributed by atoms with Crippen LogP contribution in [-0.2, 0) is 4.79 Å². The Morgan fingerprint density at radius 1 is 0.960 bits per heavy atom. The number of carbonyl (C=O) groups is 2. The standard InChI is InChI=1S/C17H20N6O2/c24-16(21-14-5-1-3-7-18-14)13-20-17(25)23-11-9-22(10-12-23)15-6-2-4-8-19-15/h1-8H,9-13H2,(H,20,25)(H,18,21,24). The second kappa shape index (κ2) is 8.09. The van der Waals surface area contributed by atoms with Gasteiger partial charge in [-0.05, 0) is 24.3 Å². The van der Waals surface area contributed by atoms with Crippen molar-refractivity contribution < 1.29 is 9.59 Å². The molecule has 0 bridgehead atoms. The smallest absolute Gasteiger partial charge is 0.317 e. The number of hydrogen-bond donors (Lipinski definition) is 2. The largest absolute Gasteiger partial charge is 0.353 e. The molecule has 0 aliphatic carbocycles. The number of nitrogens with zero attached hydrogens (tertiary/aromatic N) is 4. The molecule has 0 atom stereocenters. The van der Waals surface area contributed by atoms with Gasteiger partial charge in [-0.3, -0.25) is 4.79 Å². The third-order valence-corrected chi connectivity index (χ3v) is 3.87. The van der Waals surface area contributed by atoms with E-state index in [0.29, 0.717) is 32.0 Å². The summed E-state index contributed by atoms with van der Waals surface area (Å²) in [6, 6.07) is 10.8. The van der Waals surface area contributed by atoms with Gasteiger partial charge in [-0.1, -0.05) is 12.1 Å². The van der Waals surface area contributed by atoms with Gasteiger partial charge in [0, 0.05) is 38.6 Å². The molecule has 2 N–H and O–H groups in total. The summed E-state index contributed by atoms with van der Waals surface area (Å²) in [5, 5.41) is 5.27. The molecule has 3 heterocycles. The molecule has 0 aromatic carbocycles. The number of piperazine rings is 1. The van der Waals surface area contributed by atoms with E-state index in [0.717, 1.165) is 5.82 Å². The summed E-state index contributed by atoms with van der Waals surface area (Å²) < 4.78 is 0. The third-order valence-electron chi connectivity index (χ3n) is 3.87. The molecule has 3 amide bonds. The van der Waals surface area contributed by atoms with Crippen LogP contribution in [0, 0.1) is 0 Å². The van der Waals surface area contributed by atoms with Gasteiger partial charge in [-0.2, -0.15) is 0 Å². The second-order valence-electron chi connectivity index (χ2n) is 5.58. The maximum absolute atomic E-state index is 12.2. The van der Waals surface area contributed by atoms with Crippen molar-refractivity contribution >= 4 is 23.6 Å². The predicted molar refractivity (Wildman–Crippen MR) is 94.3 cm³/mol. The summed E-state index contributed by atoms with van der Waals surface area (Å²) >= 11 is 0. The lowest BCUT2D eigenvalue weighted by molar-refractivity contribution is -0.115. The number of anilines is 2. The molecule has 2 aromatic rings. The topological polar surface area (TPSA) is 90.5 Å². The fraction of sp³-hybridized carbons (Fsp3) is 0.294. The monoisotopic (exact) mass is 340 g/mol. The Morgan fingerprint density at radius 2 is 1.68 bits per heavy atom. The van der Waals surface area contributed by atoms with E-state index < -0.39 is 0 Å². The third kappa shape index (κ3) is 4.66. The number of pyridine rings is 2. The summed E-state index contributed by atoms with van der Waals surface area (Å²) in [7, 11) is 0. The lowest BCUT2D eigenvalue weighted by Crippen LogP contribution is -2.52. The molecule has 2 aromatic heterocycles. The zero-order valence-electron chi connectivity index (χ0n) is 13.8. The molecule has 0 unspecified atom stereocenters. The highest BCUT2D eigenvalue weighted by molar-refractivity contribution is 5.93. The molecule has 8 nitrogen and oxygen atoms in total. The van der Waals surface area contributed by atoms with Crippen LogP contribution >= 0.6 is 0 Å². The number of rotatable bonds is 4. The molecule has 130 valence electrons. The fourth-order valence-electron chi connectivity index (χ4n) is 2.57. The summed E-state index contributed by atoms with van der Waals surface area (Å²) in [6.07, 6.45) is 3.35. The minimum Gasteiger partial charge on any atom is -0.353 e. The predicted octanol–water partition coefficient (Wildman–Crippen LogP) is 0.947. The molecule has 0 saturated carbocycles. The zero-order chi connectivity index (χ0) is 17.5. The van der Waals surface area contributed by atoms with Crippen LogP contribution in [0.3, 0.4) is 0 Å². The number of urea groups is 1. The van der Waals surface area contributed by atoms with Crippen LogP contribution < -0.4 is 15.5 Å². The fourth-order valence-corrected chi connectivity index (χ4v) is 2.57. The van der Waals surface area contributed by atoms with Crippen LogP contribution in [0.15, 0.2) is 48.8 Å². The lowest BCUT2D eigenvalue weighted by atomic mass is 10.3. The van der Waals surface area contributed by atoms with E-state index in [2.05, 4.69) is 25.5 Å². The SMILES string of the molecule is O=C(CNC(=O)N1CCN(c2ccccn2)CC1)Nc1ccccn1. The number of amides is 3. The van der Waals surface area contributed by atoms with Crippen molar-refractivity contribution in [2.24, 2.45) is 0 Å². The van der Waals surface area contributed by atoms with Crippen LogP contribution in [0.5, 0.6) is 0 Å². The summed E-state index contributed by atoms with van der Waals surface area (Å²) in [5.74, 6) is 1.07. The molecule has 0 radical (unpaired) electrons. The normalized spacial score (nSPS) is 14.1. The van der Waals surface area contributed by atoms with Crippen molar-refractivity contribution in [3.05, 3.63) is 48.8 Å². The van der Waals surface area contributed by atoms with Gasteiger partial charge in [-0.25, -0.2) is 14.8 Å². The second-order valence-corrected chi connectivity index (χ2v) is 5.58. The highest BCUT2D eigenvalue weighted by atomic mass is 16.2. The number of hydrogen-bond acceptors (Lipinski definition) is 5. The van der Waals surface area contributed by atoms with E-state index in [9.17, 15) is 9.59 Å². The molecular formula is C17H20N6O2. The molecule has 8 heteroatoms. The first-order chi connectivity index (χ1) is 12.2. The van der Waals surface area contributed by atoms with E-state index >= 15 is 0 Å². The van der Waals surface area contributed by atoms with Crippen LogP contribution in [0.2, 0.25) is 0 Å². The van der Waals surface area contributed by atoms with Gasteiger partial charge in [0.1, 0.15) is 11.6 Å². The lowest BCUT2D eigenvalue weighted by Gasteiger charge is -2.35. The molecule has 1 aliphatic heterocycles. The average Bonchev–Trinajstić information content (AvgIpc) is 2.68.